The second-order valence-corrected chi connectivity index (χ2v) is 7.76. The Hall–Kier alpha value is -1.31. The highest BCUT2D eigenvalue weighted by Crippen LogP contribution is 2.18. The van der Waals surface area contributed by atoms with Crippen LogP contribution in [0.5, 0.6) is 0 Å². The highest BCUT2D eigenvalue weighted by atomic mass is 16.2. The number of rotatable bonds is 10. The largest absolute Gasteiger partial charge is 0.309 e. The monoisotopic (exact) mass is 400 g/mol. The van der Waals surface area contributed by atoms with Crippen molar-refractivity contribution >= 4 is 18.1 Å². The Morgan fingerprint density at radius 2 is 1.50 bits per heavy atom. The molecule has 0 saturated carbocycles. The van der Waals surface area contributed by atoms with Gasteiger partial charge < -0.3 is 19.5 Å². The van der Waals surface area contributed by atoms with E-state index >= 15 is 0 Å². The molecule has 7 nitrogen and oxygen atoms in total. The van der Waals surface area contributed by atoms with Gasteiger partial charge in [0.2, 0.25) is 11.8 Å². The van der Waals surface area contributed by atoms with Gasteiger partial charge in [0.05, 0.1) is 6.04 Å². The van der Waals surface area contributed by atoms with E-state index < -0.39 is 0 Å². The summed E-state index contributed by atoms with van der Waals surface area (Å²) in [4.78, 5) is 41.0. The van der Waals surface area contributed by atoms with E-state index in [2.05, 4.69) is 9.80 Å². The van der Waals surface area contributed by atoms with Crippen LogP contribution in [-0.4, -0.2) is 106 Å². The van der Waals surface area contributed by atoms with E-state index in [0.717, 1.165) is 38.6 Å². The van der Waals surface area contributed by atoms with Crippen LogP contribution >= 0.6 is 0 Å². The van der Waals surface area contributed by atoms with Gasteiger partial charge in [-0.15, -0.1) is 0 Å². The summed E-state index contributed by atoms with van der Waals surface area (Å²) < 4.78 is 0. The molecule has 0 aromatic carbocycles. The molecule has 1 fully saturated rings. The zero-order chi connectivity index (χ0) is 22.3. The minimum Gasteiger partial charge on any atom is -0.309 e. The lowest BCUT2D eigenvalue weighted by molar-refractivity contribution is -0.139. The summed E-state index contributed by atoms with van der Waals surface area (Å²) in [5.41, 5.74) is 0. The van der Waals surface area contributed by atoms with Crippen LogP contribution in [0.25, 0.3) is 0 Å². The predicted molar refractivity (Wildman–Crippen MR) is 116 cm³/mol. The SMILES string of the molecule is CC.CC1CC(=O)N(CCCN(C)C)C1=O.CN(C)CCCC(C=O)N(C)C. The van der Waals surface area contributed by atoms with Crippen molar-refractivity contribution < 1.29 is 14.4 Å². The molecule has 1 aliphatic rings. The molecule has 1 saturated heterocycles. The maximum Gasteiger partial charge on any atom is 0.232 e. The van der Waals surface area contributed by atoms with E-state index in [-0.39, 0.29) is 23.8 Å². The molecule has 0 aromatic rings. The zero-order valence-electron chi connectivity index (χ0n) is 19.7. The molecular formula is C21H44N4O3. The van der Waals surface area contributed by atoms with Crippen molar-refractivity contribution in [2.24, 2.45) is 5.92 Å². The third-order valence-electron chi connectivity index (χ3n) is 4.38. The van der Waals surface area contributed by atoms with Crippen LogP contribution in [0.2, 0.25) is 0 Å². The van der Waals surface area contributed by atoms with Crippen molar-refractivity contribution in [3.8, 4) is 0 Å². The molecule has 0 bridgehead atoms. The highest BCUT2D eigenvalue weighted by molar-refractivity contribution is 6.03. The summed E-state index contributed by atoms with van der Waals surface area (Å²) in [6.07, 6.45) is 4.30. The van der Waals surface area contributed by atoms with E-state index in [1.165, 1.54) is 4.90 Å². The first kappa shape index (κ1) is 28.9. The summed E-state index contributed by atoms with van der Waals surface area (Å²) in [5, 5.41) is 0. The number of nitrogens with zero attached hydrogens (tertiary/aromatic N) is 4. The smallest absolute Gasteiger partial charge is 0.232 e. The maximum atomic E-state index is 11.5. The number of aldehydes is 1. The lowest BCUT2D eigenvalue weighted by atomic mass is 10.1. The number of carbonyl (C=O) groups is 3. The molecule has 0 aliphatic carbocycles. The van der Waals surface area contributed by atoms with Crippen molar-refractivity contribution in [1.29, 1.82) is 0 Å². The van der Waals surface area contributed by atoms with Crippen LogP contribution in [0.15, 0.2) is 0 Å². The Balaban J connectivity index is 0. The van der Waals surface area contributed by atoms with Gasteiger partial charge in [0.15, 0.2) is 0 Å². The van der Waals surface area contributed by atoms with Gasteiger partial charge in [-0.3, -0.25) is 14.5 Å². The predicted octanol–water partition coefficient (Wildman–Crippen LogP) is 1.82. The third kappa shape index (κ3) is 13.0. The molecule has 2 unspecified atom stereocenters. The van der Waals surface area contributed by atoms with Crippen molar-refractivity contribution in [3.63, 3.8) is 0 Å². The number of carbonyl (C=O) groups excluding carboxylic acids is 3. The van der Waals surface area contributed by atoms with E-state index in [1.54, 1.807) is 0 Å². The van der Waals surface area contributed by atoms with E-state index in [9.17, 15) is 14.4 Å². The fourth-order valence-electron chi connectivity index (χ4n) is 2.69. The molecule has 2 atom stereocenters. The molecule has 166 valence electrons. The molecule has 0 aromatic heterocycles. The van der Waals surface area contributed by atoms with Crippen LogP contribution < -0.4 is 0 Å². The number of likely N-dealkylation sites (tertiary alicyclic amines) is 1. The Morgan fingerprint density at radius 3 is 1.86 bits per heavy atom. The van der Waals surface area contributed by atoms with Gasteiger partial charge in [-0.25, -0.2) is 0 Å². The van der Waals surface area contributed by atoms with E-state index in [0.29, 0.717) is 13.0 Å². The lowest BCUT2D eigenvalue weighted by Gasteiger charge is -2.19. The van der Waals surface area contributed by atoms with Crippen LogP contribution in [0.3, 0.4) is 0 Å². The fraction of sp³-hybridized carbons (Fsp3) is 0.857. The second-order valence-electron chi connectivity index (χ2n) is 7.76. The van der Waals surface area contributed by atoms with Gasteiger partial charge in [-0.2, -0.15) is 0 Å². The van der Waals surface area contributed by atoms with Gasteiger partial charge in [0, 0.05) is 18.9 Å². The van der Waals surface area contributed by atoms with Gasteiger partial charge in [0.1, 0.15) is 6.29 Å². The Kier molecular flexibility index (Phi) is 17.2. The molecule has 1 heterocycles. The highest BCUT2D eigenvalue weighted by Gasteiger charge is 2.34. The second kappa shape index (κ2) is 16.6. The average Bonchev–Trinajstić information content (AvgIpc) is 2.86. The van der Waals surface area contributed by atoms with Crippen molar-refractivity contribution in [2.45, 2.75) is 52.5 Å². The minimum absolute atomic E-state index is 0.00578. The van der Waals surface area contributed by atoms with Gasteiger partial charge in [0.25, 0.3) is 0 Å². The Bertz CT molecular complexity index is 439. The summed E-state index contributed by atoms with van der Waals surface area (Å²) in [5.74, 6) is -0.128. The van der Waals surface area contributed by atoms with Crippen LogP contribution in [0, 0.1) is 5.92 Å². The first-order valence-electron chi connectivity index (χ1n) is 10.4. The molecular weight excluding hydrogens is 356 g/mol. The summed E-state index contributed by atoms with van der Waals surface area (Å²) >= 11 is 0. The van der Waals surface area contributed by atoms with Crippen LogP contribution in [-0.2, 0) is 14.4 Å². The average molecular weight is 401 g/mol. The zero-order valence-corrected chi connectivity index (χ0v) is 19.7. The molecule has 7 heteroatoms. The molecule has 1 rings (SSSR count). The molecule has 0 N–H and O–H groups in total. The Morgan fingerprint density at radius 1 is 1.00 bits per heavy atom. The van der Waals surface area contributed by atoms with Crippen LogP contribution in [0.4, 0.5) is 0 Å². The van der Waals surface area contributed by atoms with Crippen molar-refractivity contribution in [1.82, 2.24) is 19.6 Å². The molecule has 28 heavy (non-hydrogen) atoms. The Labute approximate surface area is 173 Å². The van der Waals surface area contributed by atoms with Crippen molar-refractivity contribution in [3.05, 3.63) is 0 Å². The molecule has 0 radical (unpaired) electrons. The number of hydrogen-bond donors (Lipinski definition) is 0. The summed E-state index contributed by atoms with van der Waals surface area (Å²) in [6, 6.07) is 0.0879. The van der Waals surface area contributed by atoms with Crippen LogP contribution in [0.1, 0.15) is 46.5 Å². The maximum absolute atomic E-state index is 11.5. The standard InChI is InChI=1S/C10H18N2O2.C9H20N2O.C2H6/c1-8-7-9(13)12(10(8)14)6-4-5-11(2)3;1-10(2)7-5-6-9(8-12)11(3)4;1-2/h8H,4-7H2,1-3H3;8-9H,5-7H2,1-4H3;1-2H3. The topological polar surface area (TPSA) is 64.2 Å². The number of amides is 2. The number of likely N-dealkylation sites (N-methyl/N-ethyl adjacent to an activating group) is 1. The van der Waals surface area contributed by atoms with Gasteiger partial charge in [-0.1, -0.05) is 20.8 Å². The quantitative estimate of drug-likeness (QED) is 0.412. The van der Waals surface area contributed by atoms with Crippen molar-refractivity contribution in [2.75, 3.05) is 61.9 Å². The third-order valence-corrected chi connectivity index (χ3v) is 4.38. The first-order valence-corrected chi connectivity index (χ1v) is 10.4. The summed E-state index contributed by atoms with van der Waals surface area (Å²) in [6.45, 7) is 8.34. The van der Waals surface area contributed by atoms with E-state index in [1.807, 2.05) is 68.0 Å². The lowest BCUT2D eigenvalue weighted by Crippen LogP contribution is -2.32. The number of hydrogen-bond acceptors (Lipinski definition) is 6. The molecule has 1 aliphatic heterocycles. The van der Waals surface area contributed by atoms with Gasteiger partial charge >= 0.3 is 0 Å². The van der Waals surface area contributed by atoms with Gasteiger partial charge in [-0.05, 0) is 74.6 Å². The molecule has 2 amide bonds. The summed E-state index contributed by atoms with van der Waals surface area (Å²) in [7, 11) is 11.9. The fourth-order valence-corrected chi connectivity index (χ4v) is 2.69. The minimum atomic E-state index is -0.109. The first-order chi connectivity index (χ1) is 13.1. The van der Waals surface area contributed by atoms with E-state index in [4.69, 9.17) is 0 Å². The normalized spacial score (nSPS) is 17.4. The molecule has 0 spiro atoms. The number of imide groups is 1.